The number of nitrogens with two attached hydrogens (primary N) is 1. The van der Waals surface area contributed by atoms with Gasteiger partial charge in [-0.1, -0.05) is 40.2 Å². The number of hydrogen-bond acceptors (Lipinski definition) is 8. The molecule has 0 saturated carbocycles. The van der Waals surface area contributed by atoms with Crippen molar-refractivity contribution in [1.82, 2.24) is 35.1 Å². The SMILES string of the molecule is CN(CCCN)CCCNc1nc(Cc2cccc(Br)c2)nc2c1-c1ccc(-c3nnn(C)n3)cc1C2. The van der Waals surface area contributed by atoms with Crippen LogP contribution in [0.1, 0.15) is 35.5 Å². The fourth-order valence-corrected chi connectivity index (χ4v) is 5.18. The molecule has 4 aromatic rings. The molecule has 5 rings (SSSR count). The Morgan fingerprint density at radius 3 is 2.76 bits per heavy atom. The molecule has 0 bridgehead atoms. The van der Waals surface area contributed by atoms with E-state index in [-0.39, 0.29) is 0 Å². The van der Waals surface area contributed by atoms with E-state index >= 15 is 0 Å². The molecule has 192 valence electrons. The largest absolute Gasteiger partial charge is 0.369 e. The number of aryl methyl sites for hydroxylation is 1. The van der Waals surface area contributed by atoms with Gasteiger partial charge in [-0.25, -0.2) is 9.97 Å². The van der Waals surface area contributed by atoms with Gasteiger partial charge in [-0.3, -0.25) is 0 Å². The minimum Gasteiger partial charge on any atom is -0.369 e. The molecule has 0 spiro atoms. The lowest BCUT2D eigenvalue weighted by atomic mass is 10.0. The van der Waals surface area contributed by atoms with Crippen LogP contribution in [0.2, 0.25) is 0 Å². The first-order valence-corrected chi connectivity index (χ1v) is 13.4. The lowest BCUT2D eigenvalue weighted by Gasteiger charge is -2.17. The monoisotopic (exact) mass is 561 g/mol. The number of nitrogens with one attached hydrogen (secondary N) is 1. The number of tetrazole rings is 1. The van der Waals surface area contributed by atoms with Crippen LogP contribution < -0.4 is 11.1 Å². The van der Waals surface area contributed by atoms with Gasteiger partial charge in [-0.05, 0) is 79.6 Å². The predicted molar refractivity (Wildman–Crippen MR) is 149 cm³/mol. The lowest BCUT2D eigenvalue weighted by molar-refractivity contribution is 0.330. The molecule has 37 heavy (non-hydrogen) atoms. The number of nitrogens with zero attached hydrogens (tertiary/aromatic N) is 7. The summed E-state index contributed by atoms with van der Waals surface area (Å²) in [7, 11) is 3.92. The van der Waals surface area contributed by atoms with Gasteiger partial charge in [0, 0.05) is 35.0 Å². The molecule has 0 fully saturated rings. The van der Waals surface area contributed by atoms with Crippen molar-refractivity contribution in [2.75, 3.05) is 38.5 Å². The van der Waals surface area contributed by atoms with Gasteiger partial charge in [-0.2, -0.15) is 4.80 Å². The highest BCUT2D eigenvalue weighted by molar-refractivity contribution is 9.10. The van der Waals surface area contributed by atoms with E-state index in [0.29, 0.717) is 12.2 Å². The number of anilines is 1. The van der Waals surface area contributed by atoms with Gasteiger partial charge in [-0.15, -0.1) is 10.2 Å². The Balaban J connectivity index is 1.41. The van der Waals surface area contributed by atoms with Crippen LogP contribution in [0.25, 0.3) is 22.5 Å². The third-order valence-corrected chi connectivity index (χ3v) is 7.03. The smallest absolute Gasteiger partial charge is 0.204 e. The quantitative estimate of drug-likeness (QED) is 0.235. The number of fused-ring (bicyclic) bond motifs is 3. The zero-order valence-corrected chi connectivity index (χ0v) is 22.9. The Labute approximate surface area is 225 Å². The second-order valence-corrected chi connectivity index (χ2v) is 10.4. The van der Waals surface area contributed by atoms with E-state index < -0.39 is 0 Å². The van der Waals surface area contributed by atoms with Crippen molar-refractivity contribution < 1.29 is 0 Å². The third-order valence-electron chi connectivity index (χ3n) is 6.53. The number of hydrogen-bond donors (Lipinski definition) is 2. The minimum absolute atomic E-state index is 0.625. The number of aromatic nitrogens is 6. The van der Waals surface area contributed by atoms with E-state index in [1.54, 1.807) is 7.05 Å². The molecule has 2 aromatic heterocycles. The molecule has 0 aliphatic heterocycles. The van der Waals surface area contributed by atoms with Gasteiger partial charge in [0.15, 0.2) is 0 Å². The zero-order valence-electron chi connectivity index (χ0n) is 21.3. The zero-order chi connectivity index (χ0) is 25.8. The van der Waals surface area contributed by atoms with Gasteiger partial charge in [0.05, 0.1) is 12.7 Å². The molecule has 0 radical (unpaired) electrons. The average molecular weight is 563 g/mol. The first kappa shape index (κ1) is 25.4. The molecule has 3 N–H and O–H groups in total. The Morgan fingerprint density at radius 2 is 1.97 bits per heavy atom. The molecule has 0 atom stereocenters. The molecule has 1 aliphatic rings. The summed E-state index contributed by atoms with van der Waals surface area (Å²) in [6, 6.07) is 14.6. The van der Waals surface area contributed by atoms with Gasteiger partial charge in [0.1, 0.15) is 11.6 Å². The van der Waals surface area contributed by atoms with E-state index in [9.17, 15) is 0 Å². The molecule has 10 heteroatoms. The normalized spacial score (nSPS) is 12.1. The van der Waals surface area contributed by atoms with Crippen molar-refractivity contribution in [2.24, 2.45) is 12.8 Å². The van der Waals surface area contributed by atoms with E-state index in [1.807, 2.05) is 12.1 Å². The Kier molecular flexibility index (Phi) is 7.87. The maximum Gasteiger partial charge on any atom is 0.204 e. The van der Waals surface area contributed by atoms with E-state index in [0.717, 1.165) is 78.4 Å². The van der Waals surface area contributed by atoms with Gasteiger partial charge >= 0.3 is 0 Å². The fraction of sp³-hybridized carbons (Fsp3) is 0.370. The summed E-state index contributed by atoms with van der Waals surface area (Å²) in [5.41, 5.74) is 12.3. The second kappa shape index (κ2) is 11.5. The van der Waals surface area contributed by atoms with Crippen LogP contribution in [0.5, 0.6) is 0 Å². The van der Waals surface area contributed by atoms with Gasteiger partial charge in [0.2, 0.25) is 5.82 Å². The van der Waals surface area contributed by atoms with Crippen LogP contribution in [0.4, 0.5) is 5.82 Å². The molecule has 9 nitrogen and oxygen atoms in total. The molecule has 1 aliphatic carbocycles. The van der Waals surface area contributed by atoms with E-state index in [1.165, 1.54) is 21.5 Å². The molecule has 2 heterocycles. The highest BCUT2D eigenvalue weighted by Crippen LogP contribution is 2.41. The predicted octanol–water partition coefficient (Wildman–Crippen LogP) is 3.67. The van der Waals surface area contributed by atoms with Crippen LogP contribution in [0.3, 0.4) is 0 Å². The Hall–Kier alpha value is -3.21. The van der Waals surface area contributed by atoms with Crippen LogP contribution in [-0.4, -0.2) is 68.3 Å². The van der Waals surface area contributed by atoms with Crippen LogP contribution >= 0.6 is 15.9 Å². The molecule has 0 unspecified atom stereocenters. The summed E-state index contributed by atoms with van der Waals surface area (Å²) in [5.74, 6) is 2.35. The molecule has 0 saturated heterocycles. The Morgan fingerprint density at radius 1 is 1.11 bits per heavy atom. The maximum absolute atomic E-state index is 5.65. The van der Waals surface area contributed by atoms with Crippen LogP contribution in [-0.2, 0) is 19.9 Å². The molecular weight excluding hydrogens is 530 g/mol. The highest BCUT2D eigenvalue weighted by atomic mass is 79.9. The molecule has 0 amide bonds. The highest BCUT2D eigenvalue weighted by Gasteiger charge is 2.26. The summed E-state index contributed by atoms with van der Waals surface area (Å²) in [4.78, 5) is 13.8. The number of halogens is 1. The fourth-order valence-electron chi connectivity index (χ4n) is 4.74. The Bertz CT molecular complexity index is 1380. The third kappa shape index (κ3) is 6.03. The van der Waals surface area contributed by atoms with Crippen molar-refractivity contribution in [3.8, 4) is 22.5 Å². The lowest BCUT2D eigenvalue weighted by Crippen LogP contribution is -2.24. The van der Waals surface area contributed by atoms with Crippen molar-refractivity contribution in [2.45, 2.75) is 25.7 Å². The molecule has 2 aromatic carbocycles. The van der Waals surface area contributed by atoms with Crippen LogP contribution in [0.15, 0.2) is 46.9 Å². The van der Waals surface area contributed by atoms with Crippen molar-refractivity contribution in [3.05, 3.63) is 69.6 Å². The average Bonchev–Trinajstić information content (AvgIpc) is 3.48. The molecular formula is C27H32BrN9. The van der Waals surface area contributed by atoms with Crippen LogP contribution in [0, 0.1) is 0 Å². The standard InChI is InChI=1S/C27H32BrN9/c1-36(12-4-10-29)13-5-11-30-27-25-22-9-8-19(26-33-35-37(2)34-26)16-20(22)17-23(25)31-24(32-27)15-18-6-3-7-21(28)14-18/h3,6-9,14,16H,4-5,10-13,15,17,29H2,1-2H3,(H,30,31,32). The maximum atomic E-state index is 5.65. The summed E-state index contributed by atoms with van der Waals surface area (Å²) < 4.78 is 1.06. The first-order chi connectivity index (χ1) is 18.0. The first-order valence-electron chi connectivity index (χ1n) is 12.6. The second-order valence-electron chi connectivity index (χ2n) is 9.49. The summed E-state index contributed by atoms with van der Waals surface area (Å²) in [6.07, 6.45) is 3.47. The summed E-state index contributed by atoms with van der Waals surface area (Å²) in [5, 5.41) is 16.2. The number of benzene rings is 2. The van der Waals surface area contributed by atoms with E-state index in [4.69, 9.17) is 15.7 Å². The van der Waals surface area contributed by atoms with Crippen molar-refractivity contribution >= 4 is 21.7 Å². The van der Waals surface area contributed by atoms with E-state index in [2.05, 4.69) is 78.9 Å². The van der Waals surface area contributed by atoms with Crippen molar-refractivity contribution in [1.29, 1.82) is 0 Å². The van der Waals surface area contributed by atoms with Gasteiger partial charge < -0.3 is 16.0 Å². The minimum atomic E-state index is 0.625. The summed E-state index contributed by atoms with van der Waals surface area (Å²) >= 11 is 3.58. The number of rotatable bonds is 11. The summed E-state index contributed by atoms with van der Waals surface area (Å²) in [6.45, 7) is 3.59. The topological polar surface area (TPSA) is 111 Å². The van der Waals surface area contributed by atoms with Crippen molar-refractivity contribution in [3.63, 3.8) is 0 Å². The van der Waals surface area contributed by atoms with Gasteiger partial charge in [0.25, 0.3) is 0 Å².